The number of amides is 1. The summed E-state index contributed by atoms with van der Waals surface area (Å²) in [5.41, 5.74) is 3.31. The minimum atomic E-state index is -0.0825. The van der Waals surface area contributed by atoms with Gasteiger partial charge in [-0.3, -0.25) is 9.69 Å². The van der Waals surface area contributed by atoms with Crippen LogP contribution in [-0.2, 0) is 11.3 Å². The standard InChI is InChI=1S/C17H18N4O2S/c1-21(10-12-5-3-6-13(9-12)23-2)11-16(22)18-14-7-4-8-15-17(14)20-24-19-15/h3-9H,10-11H2,1-2H3,(H,18,22). The van der Waals surface area contributed by atoms with E-state index in [0.29, 0.717) is 12.2 Å². The lowest BCUT2D eigenvalue weighted by Crippen LogP contribution is -2.29. The van der Waals surface area contributed by atoms with E-state index in [4.69, 9.17) is 4.74 Å². The van der Waals surface area contributed by atoms with E-state index in [1.54, 1.807) is 7.11 Å². The van der Waals surface area contributed by atoms with Crippen molar-refractivity contribution in [2.75, 3.05) is 26.0 Å². The van der Waals surface area contributed by atoms with Crippen molar-refractivity contribution < 1.29 is 9.53 Å². The molecular weight excluding hydrogens is 324 g/mol. The van der Waals surface area contributed by atoms with Gasteiger partial charge in [-0.1, -0.05) is 18.2 Å². The van der Waals surface area contributed by atoms with Crippen LogP contribution in [0.3, 0.4) is 0 Å². The number of likely N-dealkylation sites (N-methyl/N-ethyl adjacent to an activating group) is 1. The van der Waals surface area contributed by atoms with Gasteiger partial charge in [0.15, 0.2) is 0 Å². The molecule has 0 saturated heterocycles. The van der Waals surface area contributed by atoms with Crippen LogP contribution in [0.1, 0.15) is 5.56 Å². The summed E-state index contributed by atoms with van der Waals surface area (Å²) in [6.45, 7) is 0.943. The quantitative estimate of drug-likeness (QED) is 0.746. The van der Waals surface area contributed by atoms with Crippen molar-refractivity contribution in [3.63, 3.8) is 0 Å². The Kier molecular flexibility index (Phi) is 5.02. The van der Waals surface area contributed by atoms with Crippen LogP contribution < -0.4 is 10.1 Å². The first kappa shape index (κ1) is 16.4. The number of ether oxygens (including phenoxy) is 1. The summed E-state index contributed by atoms with van der Waals surface area (Å²) >= 11 is 1.14. The van der Waals surface area contributed by atoms with Gasteiger partial charge in [0.25, 0.3) is 0 Å². The van der Waals surface area contributed by atoms with Crippen molar-refractivity contribution in [3.8, 4) is 5.75 Å². The molecule has 1 heterocycles. The number of benzene rings is 2. The molecule has 124 valence electrons. The van der Waals surface area contributed by atoms with Crippen molar-refractivity contribution in [1.82, 2.24) is 13.6 Å². The number of anilines is 1. The van der Waals surface area contributed by atoms with Gasteiger partial charge in [-0.15, -0.1) is 0 Å². The van der Waals surface area contributed by atoms with Crippen molar-refractivity contribution in [3.05, 3.63) is 48.0 Å². The first-order valence-electron chi connectivity index (χ1n) is 7.48. The highest BCUT2D eigenvalue weighted by molar-refractivity contribution is 7.00. The van der Waals surface area contributed by atoms with Crippen LogP contribution in [-0.4, -0.2) is 40.3 Å². The van der Waals surface area contributed by atoms with Gasteiger partial charge in [-0.25, -0.2) is 0 Å². The van der Waals surface area contributed by atoms with Gasteiger partial charge in [-0.05, 0) is 36.9 Å². The summed E-state index contributed by atoms with van der Waals surface area (Å²) in [6, 6.07) is 13.4. The molecule has 0 fully saturated rings. The normalized spacial score (nSPS) is 11.0. The number of methoxy groups -OCH3 is 1. The molecule has 0 spiro atoms. The van der Waals surface area contributed by atoms with Crippen LogP contribution >= 0.6 is 11.7 Å². The van der Waals surface area contributed by atoms with Gasteiger partial charge >= 0.3 is 0 Å². The number of carbonyl (C=O) groups is 1. The average molecular weight is 342 g/mol. The van der Waals surface area contributed by atoms with Gasteiger partial charge in [0.2, 0.25) is 5.91 Å². The highest BCUT2D eigenvalue weighted by atomic mass is 32.1. The predicted octanol–water partition coefficient (Wildman–Crippen LogP) is 2.77. The summed E-state index contributed by atoms with van der Waals surface area (Å²) in [5, 5.41) is 2.91. The van der Waals surface area contributed by atoms with Gasteiger partial charge in [0, 0.05) is 6.54 Å². The zero-order valence-corrected chi connectivity index (χ0v) is 14.3. The molecule has 0 radical (unpaired) electrons. The molecule has 24 heavy (non-hydrogen) atoms. The van der Waals surface area contributed by atoms with Gasteiger partial charge in [-0.2, -0.15) is 8.75 Å². The number of carbonyl (C=O) groups excluding carboxylic acids is 1. The summed E-state index contributed by atoms with van der Waals surface area (Å²) in [4.78, 5) is 14.2. The molecule has 0 aliphatic carbocycles. The predicted molar refractivity (Wildman–Crippen MR) is 95.4 cm³/mol. The Balaban J connectivity index is 1.61. The lowest BCUT2D eigenvalue weighted by Gasteiger charge is -2.17. The zero-order valence-electron chi connectivity index (χ0n) is 13.5. The number of fused-ring (bicyclic) bond motifs is 1. The number of hydrogen-bond donors (Lipinski definition) is 1. The topological polar surface area (TPSA) is 67.3 Å². The second kappa shape index (κ2) is 7.37. The minimum Gasteiger partial charge on any atom is -0.497 e. The molecule has 1 aromatic heterocycles. The number of hydrogen-bond acceptors (Lipinski definition) is 6. The molecule has 0 unspecified atom stereocenters. The Morgan fingerprint density at radius 1 is 1.25 bits per heavy atom. The van der Waals surface area contributed by atoms with Gasteiger partial charge in [0.05, 0.1) is 31.1 Å². The van der Waals surface area contributed by atoms with Crippen molar-refractivity contribution in [1.29, 1.82) is 0 Å². The summed E-state index contributed by atoms with van der Waals surface area (Å²) in [5.74, 6) is 0.731. The first-order chi connectivity index (χ1) is 11.7. The minimum absolute atomic E-state index is 0.0825. The molecular formula is C17H18N4O2S. The maximum Gasteiger partial charge on any atom is 0.238 e. The third-order valence-electron chi connectivity index (χ3n) is 3.56. The van der Waals surface area contributed by atoms with Crippen LogP contribution in [0, 0.1) is 0 Å². The molecule has 3 rings (SSSR count). The summed E-state index contributed by atoms with van der Waals surface area (Å²) in [6.07, 6.45) is 0. The molecule has 1 amide bonds. The number of aromatic nitrogens is 2. The third kappa shape index (κ3) is 3.87. The molecule has 0 atom stereocenters. The van der Waals surface area contributed by atoms with Crippen molar-refractivity contribution >= 4 is 34.4 Å². The second-order valence-electron chi connectivity index (χ2n) is 5.51. The lowest BCUT2D eigenvalue weighted by molar-refractivity contribution is -0.117. The van der Waals surface area contributed by atoms with E-state index >= 15 is 0 Å². The Morgan fingerprint density at radius 3 is 2.92 bits per heavy atom. The Hall–Kier alpha value is -2.51. The molecule has 3 aromatic rings. The summed E-state index contributed by atoms with van der Waals surface area (Å²) in [7, 11) is 3.55. The van der Waals surface area contributed by atoms with Crippen LogP contribution in [0.4, 0.5) is 5.69 Å². The number of nitrogens with one attached hydrogen (secondary N) is 1. The fourth-order valence-electron chi connectivity index (χ4n) is 2.48. The Bertz CT molecular complexity index is 849. The number of rotatable bonds is 6. The third-order valence-corrected chi connectivity index (χ3v) is 4.10. The van der Waals surface area contributed by atoms with E-state index in [2.05, 4.69) is 14.1 Å². The molecule has 1 N–H and O–H groups in total. The van der Waals surface area contributed by atoms with Crippen LogP contribution in [0.15, 0.2) is 42.5 Å². The van der Waals surface area contributed by atoms with E-state index in [1.807, 2.05) is 54.4 Å². The smallest absolute Gasteiger partial charge is 0.238 e. The molecule has 0 bridgehead atoms. The van der Waals surface area contributed by atoms with Crippen LogP contribution in [0.5, 0.6) is 5.75 Å². The van der Waals surface area contributed by atoms with Crippen LogP contribution in [0.2, 0.25) is 0 Å². The zero-order chi connectivity index (χ0) is 16.9. The van der Waals surface area contributed by atoms with Crippen molar-refractivity contribution in [2.24, 2.45) is 0 Å². The molecule has 2 aromatic carbocycles. The highest BCUT2D eigenvalue weighted by Crippen LogP contribution is 2.21. The highest BCUT2D eigenvalue weighted by Gasteiger charge is 2.11. The molecule has 0 aliphatic heterocycles. The van der Waals surface area contributed by atoms with E-state index in [9.17, 15) is 4.79 Å². The Labute approximate surface area is 144 Å². The van der Waals surface area contributed by atoms with E-state index in [0.717, 1.165) is 34.1 Å². The maximum atomic E-state index is 12.3. The Morgan fingerprint density at radius 2 is 2.08 bits per heavy atom. The first-order valence-corrected chi connectivity index (χ1v) is 8.21. The second-order valence-corrected chi connectivity index (χ2v) is 6.04. The lowest BCUT2D eigenvalue weighted by atomic mass is 10.2. The fourth-order valence-corrected chi connectivity index (χ4v) is 3.03. The largest absolute Gasteiger partial charge is 0.497 e. The van der Waals surface area contributed by atoms with Crippen molar-refractivity contribution in [2.45, 2.75) is 6.54 Å². The van der Waals surface area contributed by atoms with E-state index in [1.165, 1.54) is 0 Å². The van der Waals surface area contributed by atoms with E-state index < -0.39 is 0 Å². The fraction of sp³-hybridized carbons (Fsp3) is 0.235. The maximum absolute atomic E-state index is 12.3. The number of nitrogens with zero attached hydrogens (tertiary/aromatic N) is 3. The van der Waals surface area contributed by atoms with Gasteiger partial charge in [0.1, 0.15) is 16.8 Å². The van der Waals surface area contributed by atoms with E-state index in [-0.39, 0.29) is 12.5 Å². The molecule has 7 heteroatoms. The van der Waals surface area contributed by atoms with Crippen LogP contribution in [0.25, 0.3) is 11.0 Å². The molecule has 6 nitrogen and oxygen atoms in total. The SMILES string of the molecule is COc1cccc(CN(C)CC(=O)Nc2cccc3nsnc23)c1. The monoisotopic (exact) mass is 342 g/mol. The molecule has 0 aliphatic rings. The van der Waals surface area contributed by atoms with Gasteiger partial charge < -0.3 is 10.1 Å². The molecule has 0 saturated carbocycles. The summed E-state index contributed by atoms with van der Waals surface area (Å²) < 4.78 is 13.6. The average Bonchev–Trinajstić information content (AvgIpc) is 3.04.